The molecule has 0 bridgehead atoms. The summed E-state index contributed by atoms with van der Waals surface area (Å²) in [6.45, 7) is 0.130. The van der Waals surface area contributed by atoms with Crippen LogP contribution in [0.1, 0.15) is 18.1 Å². The van der Waals surface area contributed by atoms with E-state index in [-0.39, 0.29) is 24.2 Å². The Labute approximate surface area is 95.9 Å². The molecular weight excluding hydrogens is 230 g/mol. The first-order valence-corrected chi connectivity index (χ1v) is 4.90. The summed E-state index contributed by atoms with van der Waals surface area (Å²) in [5.74, 6) is 0. The quantitative estimate of drug-likeness (QED) is 0.387. The van der Waals surface area contributed by atoms with Crippen LogP contribution in [0.2, 0.25) is 0 Å². The predicted octanol–water partition coefficient (Wildman–Crippen LogP) is -0.974. The van der Waals surface area contributed by atoms with Crippen LogP contribution in [0.3, 0.4) is 0 Å². The number of aliphatic hydroxyl groups is 2. The summed E-state index contributed by atoms with van der Waals surface area (Å²) in [7, 11) is 0. The minimum atomic E-state index is -1.50. The van der Waals surface area contributed by atoms with E-state index in [0.717, 1.165) is 12.3 Å². The van der Waals surface area contributed by atoms with Gasteiger partial charge in [-0.3, -0.25) is 14.9 Å². The lowest BCUT2D eigenvalue weighted by molar-refractivity contribution is -0.385. The lowest BCUT2D eigenvalue weighted by atomic mass is 10.0. The molecule has 0 fully saturated rings. The molecule has 0 radical (unpaired) electrons. The largest absolute Gasteiger partial charge is 0.390 e. The molecule has 0 amide bonds. The summed E-state index contributed by atoms with van der Waals surface area (Å²) >= 11 is 0. The molecule has 1 rings (SSSR count). The first kappa shape index (κ1) is 13.3. The molecule has 0 aliphatic rings. The lowest BCUT2D eigenvalue weighted by Gasteiger charge is -2.16. The number of hydrogen-bond acceptors (Lipinski definition) is 6. The van der Waals surface area contributed by atoms with E-state index in [0.29, 0.717) is 0 Å². The summed E-state index contributed by atoms with van der Waals surface area (Å²) < 4.78 is 0. The highest BCUT2D eigenvalue weighted by atomic mass is 16.6. The average Bonchev–Trinajstić information content (AvgIpc) is 2.28. The molecule has 1 aromatic rings. The van der Waals surface area contributed by atoms with Crippen LogP contribution in [0.25, 0.3) is 0 Å². The van der Waals surface area contributed by atoms with Crippen LogP contribution in [-0.4, -0.2) is 32.8 Å². The van der Waals surface area contributed by atoms with E-state index in [4.69, 9.17) is 5.73 Å². The van der Waals surface area contributed by atoms with Crippen molar-refractivity contribution in [2.45, 2.75) is 18.6 Å². The molecule has 0 aromatic carbocycles. The van der Waals surface area contributed by atoms with Crippen LogP contribution >= 0.6 is 0 Å². The van der Waals surface area contributed by atoms with Crippen molar-refractivity contribution in [2.24, 2.45) is 5.73 Å². The molecule has 0 spiro atoms. The normalized spacial score (nSPS) is 14.3. The zero-order valence-electron chi connectivity index (χ0n) is 8.87. The standard InChI is InChI=1S/C9H13N3O5/c10-2-1-7(13)8(14)6-3-5(12(16)17)4-11-9(6)15/h3-4,7-8,13-14H,1-2,10H2,(H,11,15). The van der Waals surface area contributed by atoms with Gasteiger partial charge in [0.15, 0.2) is 0 Å². The Hall–Kier alpha value is -1.77. The number of nitro groups is 1. The average molecular weight is 243 g/mol. The number of nitrogens with zero attached hydrogens (tertiary/aromatic N) is 1. The lowest BCUT2D eigenvalue weighted by Crippen LogP contribution is -2.27. The van der Waals surface area contributed by atoms with Gasteiger partial charge in [-0.2, -0.15) is 0 Å². The molecule has 0 aliphatic heterocycles. The Morgan fingerprint density at radius 3 is 2.71 bits per heavy atom. The Balaban J connectivity index is 3.07. The van der Waals surface area contributed by atoms with Gasteiger partial charge in [0.2, 0.25) is 0 Å². The van der Waals surface area contributed by atoms with Crippen molar-refractivity contribution < 1.29 is 15.1 Å². The molecule has 1 aromatic heterocycles. The third kappa shape index (κ3) is 3.09. The van der Waals surface area contributed by atoms with Crippen molar-refractivity contribution in [1.82, 2.24) is 4.98 Å². The van der Waals surface area contributed by atoms with Gasteiger partial charge in [0.1, 0.15) is 6.10 Å². The van der Waals surface area contributed by atoms with E-state index in [1.165, 1.54) is 0 Å². The van der Waals surface area contributed by atoms with Crippen molar-refractivity contribution in [3.05, 3.63) is 38.3 Å². The van der Waals surface area contributed by atoms with Gasteiger partial charge in [-0.05, 0) is 13.0 Å². The van der Waals surface area contributed by atoms with E-state index < -0.39 is 22.7 Å². The Kier molecular flexibility index (Phi) is 4.32. The highest BCUT2D eigenvalue weighted by Crippen LogP contribution is 2.18. The van der Waals surface area contributed by atoms with Crippen LogP contribution in [0.4, 0.5) is 5.69 Å². The SMILES string of the molecule is NCCC(O)C(O)c1cc([N+](=O)[O-])c[nH]c1=O. The molecule has 0 saturated carbocycles. The third-order valence-corrected chi connectivity index (χ3v) is 2.27. The molecule has 2 atom stereocenters. The molecule has 8 heteroatoms. The zero-order valence-corrected chi connectivity index (χ0v) is 8.87. The van der Waals surface area contributed by atoms with Gasteiger partial charge in [-0.1, -0.05) is 0 Å². The van der Waals surface area contributed by atoms with Gasteiger partial charge >= 0.3 is 0 Å². The van der Waals surface area contributed by atoms with Crippen LogP contribution in [0, 0.1) is 10.1 Å². The van der Waals surface area contributed by atoms with Gasteiger partial charge < -0.3 is 20.9 Å². The van der Waals surface area contributed by atoms with E-state index in [1.54, 1.807) is 0 Å². The predicted molar refractivity (Wildman–Crippen MR) is 58.4 cm³/mol. The number of aromatic amines is 1. The molecule has 0 aliphatic carbocycles. The summed E-state index contributed by atoms with van der Waals surface area (Å²) in [5.41, 5.74) is 3.90. The van der Waals surface area contributed by atoms with Crippen LogP contribution in [0.5, 0.6) is 0 Å². The van der Waals surface area contributed by atoms with E-state index in [2.05, 4.69) is 4.98 Å². The molecule has 1 heterocycles. The maximum atomic E-state index is 11.4. The second kappa shape index (κ2) is 5.53. The second-order valence-electron chi connectivity index (χ2n) is 3.49. The fourth-order valence-electron chi connectivity index (χ4n) is 1.35. The van der Waals surface area contributed by atoms with E-state index in [1.807, 2.05) is 0 Å². The van der Waals surface area contributed by atoms with Gasteiger partial charge in [-0.15, -0.1) is 0 Å². The highest BCUT2D eigenvalue weighted by molar-refractivity contribution is 5.31. The maximum absolute atomic E-state index is 11.4. The summed E-state index contributed by atoms with van der Waals surface area (Å²) in [6, 6.07) is 0.934. The summed E-state index contributed by atoms with van der Waals surface area (Å²) in [5, 5.41) is 29.6. The fraction of sp³-hybridized carbons (Fsp3) is 0.444. The number of hydrogen-bond donors (Lipinski definition) is 4. The summed E-state index contributed by atoms with van der Waals surface area (Å²) in [6.07, 6.45) is -1.72. The van der Waals surface area contributed by atoms with E-state index >= 15 is 0 Å². The minimum Gasteiger partial charge on any atom is -0.390 e. The van der Waals surface area contributed by atoms with Crippen molar-refractivity contribution in [3.63, 3.8) is 0 Å². The number of rotatable bonds is 5. The molecule has 2 unspecified atom stereocenters. The fourth-order valence-corrected chi connectivity index (χ4v) is 1.35. The third-order valence-electron chi connectivity index (χ3n) is 2.27. The van der Waals surface area contributed by atoms with Crippen molar-refractivity contribution in [2.75, 3.05) is 6.54 Å². The summed E-state index contributed by atoms with van der Waals surface area (Å²) in [4.78, 5) is 23.3. The molecular formula is C9H13N3O5. The smallest absolute Gasteiger partial charge is 0.285 e. The molecule has 5 N–H and O–H groups in total. The van der Waals surface area contributed by atoms with Gasteiger partial charge in [0.25, 0.3) is 11.2 Å². The van der Waals surface area contributed by atoms with Crippen molar-refractivity contribution in [1.29, 1.82) is 0 Å². The Morgan fingerprint density at radius 2 is 2.18 bits per heavy atom. The first-order chi connectivity index (χ1) is 7.97. The molecule has 0 saturated heterocycles. The minimum absolute atomic E-state index is 0.0866. The monoisotopic (exact) mass is 243 g/mol. The zero-order chi connectivity index (χ0) is 13.0. The Bertz CT molecular complexity index is 458. The topological polar surface area (TPSA) is 142 Å². The van der Waals surface area contributed by atoms with Gasteiger partial charge in [0.05, 0.1) is 22.8 Å². The van der Waals surface area contributed by atoms with Crippen LogP contribution in [-0.2, 0) is 0 Å². The number of aromatic nitrogens is 1. The van der Waals surface area contributed by atoms with Gasteiger partial charge in [-0.25, -0.2) is 0 Å². The number of pyridine rings is 1. The number of H-pyrrole nitrogens is 1. The maximum Gasteiger partial charge on any atom is 0.285 e. The second-order valence-corrected chi connectivity index (χ2v) is 3.49. The molecule has 17 heavy (non-hydrogen) atoms. The van der Waals surface area contributed by atoms with Crippen LogP contribution < -0.4 is 11.3 Å². The first-order valence-electron chi connectivity index (χ1n) is 4.90. The van der Waals surface area contributed by atoms with Crippen molar-refractivity contribution in [3.8, 4) is 0 Å². The number of aliphatic hydroxyl groups excluding tert-OH is 2. The molecule has 94 valence electrons. The Morgan fingerprint density at radius 1 is 1.53 bits per heavy atom. The van der Waals surface area contributed by atoms with Gasteiger partial charge in [0, 0.05) is 6.07 Å². The number of nitrogens with one attached hydrogen (secondary N) is 1. The molecule has 8 nitrogen and oxygen atoms in total. The van der Waals surface area contributed by atoms with Crippen molar-refractivity contribution >= 4 is 5.69 Å². The number of nitrogens with two attached hydrogens (primary N) is 1. The van der Waals surface area contributed by atoms with Crippen LogP contribution in [0.15, 0.2) is 17.1 Å². The van der Waals surface area contributed by atoms with E-state index in [9.17, 15) is 25.1 Å². The highest BCUT2D eigenvalue weighted by Gasteiger charge is 2.22.